The van der Waals surface area contributed by atoms with Crippen LogP contribution in [0.1, 0.15) is 45.1 Å². The molecule has 0 bridgehead atoms. The fourth-order valence-corrected chi connectivity index (χ4v) is 3.79. The standard InChI is InChI=1S/C24H31N3O3/c1-6-7-18(25)24(28)26-16-9-10-19-17(13-16)22(14(2)3)23(27-19)15-8-11-20(29-4)21(12-15)30-5/h8-14,18,27H,6-7,25H2,1-5H3,(H,26,28)/t18-/m1/s1. The second-order valence-electron chi connectivity index (χ2n) is 7.78. The third-order valence-corrected chi connectivity index (χ3v) is 5.29. The summed E-state index contributed by atoms with van der Waals surface area (Å²) in [5, 5.41) is 4.03. The molecule has 0 saturated heterocycles. The molecule has 0 aliphatic carbocycles. The molecule has 1 atom stereocenters. The Kier molecular flexibility index (Phi) is 6.67. The largest absolute Gasteiger partial charge is 0.493 e. The molecule has 160 valence electrons. The molecule has 0 aliphatic rings. The van der Waals surface area contributed by atoms with Crippen LogP contribution < -0.4 is 20.5 Å². The molecule has 1 heterocycles. The zero-order chi connectivity index (χ0) is 21.8. The minimum atomic E-state index is -0.496. The number of ether oxygens (including phenoxy) is 2. The summed E-state index contributed by atoms with van der Waals surface area (Å²) in [5.74, 6) is 1.49. The van der Waals surface area contributed by atoms with Gasteiger partial charge in [0.15, 0.2) is 11.5 Å². The maximum Gasteiger partial charge on any atom is 0.241 e. The summed E-state index contributed by atoms with van der Waals surface area (Å²) in [4.78, 5) is 15.9. The number of methoxy groups -OCH3 is 2. The first-order valence-corrected chi connectivity index (χ1v) is 10.3. The van der Waals surface area contributed by atoms with Gasteiger partial charge in [0, 0.05) is 22.2 Å². The van der Waals surface area contributed by atoms with Crippen LogP contribution in [0.3, 0.4) is 0 Å². The number of nitrogens with two attached hydrogens (primary N) is 1. The van der Waals surface area contributed by atoms with E-state index in [9.17, 15) is 4.79 Å². The van der Waals surface area contributed by atoms with Gasteiger partial charge in [0.2, 0.25) is 5.91 Å². The van der Waals surface area contributed by atoms with E-state index in [1.54, 1.807) is 14.2 Å². The summed E-state index contributed by atoms with van der Waals surface area (Å²) in [6, 6.07) is 11.3. The fraction of sp³-hybridized carbons (Fsp3) is 0.375. The Bertz CT molecular complexity index is 1040. The molecule has 30 heavy (non-hydrogen) atoms. The van der Waals surface area contributed by atoms with E-state index in [2.05, 4.69) is 24.1 Å². The lowest BCUT2D eigenvalue weighted by atomic mass is 9.95. The molecule has 0 radical (unpaired) electrons. The van der Waals surface area contributed by atoms with Crippen LogP contribution in [-0.4, -0.2) is 31.2 Å². The SMILES string of the molecule is CCC[C@@H](N)C(=O)Nc1ccc2[nH]c(-c3ccc(OC)c(OC)c3)c(C(C)C)c2c1. The summed E-state index contributed by atoms with van der Waals surface area (Å²) in [6.45, 7) is 6.34. The van der Waals surface area contributed by atoms with Crippen molar-refractivity contribution < 1.29 is 14.3 Å². The van der Waals surface area contributed by atoms with E-state index in [0.717, 1.165) is 34.3 Å². The molecule has 0 fully saturated rings. The molecule has 4 N–H and O–H groups in total. The lowest BCUT2D eigenvalue weighted by Crippen LogP contribution is -2.35. The quantitative estimate of drug-likeness (QED) is 0.486. The molecule has 0 spiro atoms. The van der Waals surface area contributed by atoms with Gasteiger partial charge in [-0.3, -0.25) is 4.79 Å². The third-order valence-electron chi connectivity index (χ3n) is 5.29. The topological polar surface area (TPSA) is 89.4 Å². The van der Waals surface area contributed by atoms with E-state index >= 15 is 0 Å². The zero-order valence-corrected chi connectivity index (χ0v) is 18.3. The second-order valence-corrected chi connectivity index (χ2v) is 7.78. The van der Waals surface area contributed by atoms with Gasteiger partial charge in [0.25, 0.3) is 0 Å². The average molecular weight is 410 g/mol. The van der Waals surface area contributed by atoms with Gasteiger partial charge in [-0.05, 0) is 54.3 Å². The van der Waals surface area contributed by atoms with Crippen molar-refractivity contribution in [3.8, 4) is 22.8 Å². The van der Waals surface area contributed by atoms with Gasteiger partial charge in [-0.15, -0.1) is 0 Å². The molecular formula is C24H31N3O3. The van der Waals surface area contributed by atoms with Crippen LogP contribution in [0.2, 0.25) is 0 Å². The minimum Gasteiger partial charge on any atom is -0.493 e. The maximum absolute atomic E-state index is 12.3. The Morgan fingerprint density at radius 2 is 1.83 bits per heavy atom. The van der Waals surface area contributed by atoms with Gasteiger partial charge in [0.1, 0.15) is 0 Å². The number of carbonyl (C=O) groups is 1. The molecule has 0 unspecified atom stereocenters. The zero-order valence-electron chi connectivity index (χ0n) is 18.3. The number of benzene rings is 2. The number of rotatable bonds is 8. The Labute approximate surface area is 177 Å². The fourth-order valence-electron chi connectivity index (χ4n) is 3.79. The number of nitrogens with one attached hydrogen (secondary N) is 2. The minimum absolute atomic E-state index is 0.155. The number of fused-ring (bicyclic) bond motifs is 1. The van der Waals surface area contributed by atoms with Crippen molar-refractivity contribution in [3.63, 3.8) is 0 Å². The van der Waals surface area contributed by atoms with Crippen molar-refractivity contribution in [1.29, 1.82) is 0 Å². The molecule has 3 aromatic rings. The smallest absolute Gasteiger partial charge is 0.241 e. The van der Waals surface area contributed by atoms with Crippen molar-refractivity contribution in [2.45, 2.75) is 45.6 Å². The van der Waals surface area contributed by atoms with E-state index in [1.165, 1.54) is 5.56 Å². The Morgan fingerprint density at radius 1 is 1.10 bits per heavy atom. The van der Waals surface area contributed by atoms with Gasteiger partial charge in [-0.2, -0.15) is 0 Å². The summed E-state index contributed by atoms with van der Waals surface area (Å²) < 4.78 is 10.8. The number of aromatic amines is 1. The number of hydrogen-bond acceptors (Lipinski definition) is 4. The van der Waals surface area contributed by atoms with E-state index in [0.29, 0.717) is 17.9 Å². The predicted molar refractivity (Wildman–Crippen MR) is 122 cm³/mol. The molecule has 1 aromatic heterocycles. The Balaban J connectivity index is 2.05. The number of amides is 1. The third kappa shape index (κ3) is 4.28. The van der Waals surface area contributed by atoms with Crippen molar-refractivity contribution in [2.75, 3.05) is 19.5 Å². The highest BCUT2D eigenvalue weighted by atomic mass is 16.5. The predicted octanol–water partition coefficient (Wildman–Crippen LogP) is 5.04. The van der Waals surface area contributed by atoms with Crippen molar-refractivity contribution in [1.82, 2.24) is 4.98 Å². The first-order chi connectivity index (χ1) is 14.4. The molecule has 3 rings (SSSR count). The van der Waals surface area contributed by atoms with Gasteiger partial charge < -0.3 is 25.5 Å². The maximum atomic E-state index is 12.3. The number of aromatic nitrogens is 1. The number of H-pyrrole nitrogens is 1. The molecule has 0 saturated carbocycles. The van der Waals surface area contributed by atoms with Crippen LogP contribution in [0.25, 0.3) is 22.2 Å². The molecule has 1 amide bonds. The van der Waals surface area contributed by atoms with Gasteiger partial charge in [-0.25, -0.2) is 0 Å². The first kappa shape index (κ1) is 21.7. The highest BCUT2D eigenvalue weighted by Gasteiger charge is 2.19. The lowest BCUT2D eigenvalue weighted by Gasteiger charge is -2.13. The molecule has 6 heteroatoms. The molecule has 2 aromatic carbocycles. The number of carbonyl (C=O) groups excluding carboxylic acids is 1. The van der Waals surface area contributed by atoms with Crippen LogP contribution in [0.4, 0.5) is 5.69 Å². The monoisotopic (exact) mass is 409 g/mol. The van der Waals surface area contributed by atoms with Crippen molar-refractivity contribution in [3.05, 3.63) is 42.0 Å². The van der Waals surface area contributed by atoms with Crippen LogP contribution in [0.15, 0.2) is 36.4 Å². The van der Waals surface area contributed by atoms with Crippen molar-refractivity contribution >= 4 is 22.5 Å². The van der Waals surface area contributed by atoms with Gasteiger partial charge >= 0.3 is 0 Å². The normalized spacial score (nSPS) is 12.2. The number of anilines is 1. The first-order valence-electron chi connectivity index (χ1n) is 10.3. The van der Waals surface area contributed by atoms with Crippen molar-refractivity contribution in [2.24, 2.45) is 5.73 Å². The van der Waals surface area contributed by atoms with Gasteiger partial charge in [-0.1, -0.05) is 27.2 Å². The summed E-state index contributed by atoms with van der Waals surface area (Å²) in [5.41, 5.74) is 11.0. The molecular weight excluding hydrogens is 378 g/mol. The van der Waals surface area contributed by atoms with Crippen LogP contribution in [0, 0.1) is 0 Å². The summed E-state index contributed by atoms with van der Waals surface area (Å²) in [6.07, 6.45) is 1.54. The summed E-state index contributed by atoms with van der Waals surface area (Å²) in [7, 11) is 3.26. The van der Waals surface area contributed by atoms with Crippen LogP contribution in [-0.2, 0) is 4.79 Å². The van der Waals surface area contributed by atoms with E-state index in [1.807, 2.05) is 43.3 Å². The van der Waals surface area contributed by atoms with Gasteiger partial charge in [0.05, 0.1) is 26.0 Å². The lowest BCUT2D eigenvalue weighted by molar-refractivity contribution is -0.117. The number of hydrogen-bond donors (Lipinski definition) is 3. The van der Waals surface area contributed by atoms with E-state index in [4.69, 9.17) is 15.2 Å². The summed E-state index contributed by atoms with van der Waals surface area (Å²) >= 11 is 0. The Hall–Kier alpha value is -2.99. The van der Waals surface area contributed by atoms with E-state index < -0.39 is 6.04 Å². The van der Waals surface area contributed by atoms with Crippen LogP contribution in [0.5, 0.6) is 11.5 Å². The Morgan fingerprint density at radius 3 is 2.47 bits per heavy atom. The second kappa shape index (κ2) is 9.22. The van der Waals surface area contributed by atoms with E-state index in [-0.39, 0.29) is 11.8 Å². The average Bonchev–Trinajstić information content (AvgIpc) is 3.12. The highest BCUT2D eigenvalue weighted by Crippen LogP contribution is 2.39. The van der Waals surface area contributed by atoms with Crippen LogP contribution >= 0.6 is 0 Å². The highest BCUT2D eigenvalue weighted by molar-refractivity contribution is 5.99. The molecule has 6 nitrogen and oxygen atoms in total. The molecule has 0 aliphatic heterocycles.